The summed E-state index contributed by atoms with van der Waals surface area (Å²) >= 11 is 6.04. The summed E-state index contributed by atoms with van der Waals surface area (Å²) in [6.07, 6.45) is 0. The van der Waals surface area contributed by atoms with Crippen LogP contribution in [0.3, 0.4) is 0 Å². The molecule has 0 saturated carbocycles. The van der Waals surface area contributed by atoms with E-state index in [2.05, 4.69) is 9.97 Å². The molecule has 0 aliphatic carbocycles. The molecular weight excluding hydrogens is 290 g/mol. The van der Waals surface area contributed by atoms with Gasteiger partial charge in [-0.3, -0.25) is 4.57 Å². The maximum Gasteiger partial charge on any atom is 0.241 e. The fourth-order valence-electron chi connectivity index (χ4n) is 2.29. The molecule has 0 N–H and O–H groups in total. The molecule has 108 valence electrons. The number of hydrogen-bond donors (Lipinski definition) is 0. The van der Waals surface area contributed by atoms with E-state index in [4.69, 9.17) is 21.1 Å². The molecule has 0 fully saturated rings. The Morgan fingerprint density at radius 1 is 1.00 bits per heavy atom. The van der Waals surface area contributed by atoms with Crippen molar-refractivity contribution < 1.29 is 9.47 Å². The molecule has 0 aliphatic heterocycles. The quantitative estimate of drug-likeness (QED) is 0.744. The molecule has 0 bridgehead atoms. The van der Waals surface area contributed by atoms with Crippen LogP contribution in [0.15, 0.2) is 30.3 Å². The number of fused-ring (bicyclic) bond motifs is 1. The Kier molecular flexibility index (Phi) is 3.43. The van der Waals surface area contributed by atoms with E-state index in [1.807, 2.05) is 35.8 Å². The lowest BCUT2D eigenvalue weighted by Crippen LogP contribution is -2.05. The minimum Gasteiger partial charge on any atom is -0.481 e. The van der Waals surface area contributed by atoms with Crippen LogP contribution < -0.4 is 9.47 Å². The van der Waals surface area contributed by atoms with Crippen molar-refractivity contribution in [3.8, 4) is 17.7 Å². The maximum absolute atomic E-state index is 6.04. The van der Waals surface area contributed by atoms with E-state index in [9.17, 15) is 0 Å². The van der Waals surface area contributed by atoms with Crippen molar-refractivity contribution in [2.75, 3.05) is 14.2 Å². The zero-order valence-electron chi connectivity index (χ0n) is 11.9. The van der Waals surface area contributed by atoms with Crippen LogP contribution in [0, 0.1) is 6.92 Å². The van der Waals surface area contributed by atoms with E-state index in [1.165, 1.54) is 0 Å². The van der Waals surface area contributed by atoms with E-state index in [0.29, 0.717) is 22.7 Å². The van der Waals surface area contributed by atoms with Crippen LogP contribution in [0.4, 0.5) is 0 Å². The molecule has 0 radical (unpaired) electrons. The van der Waals surface area contributed by atoms with Gasteiger partial charge < -0.3 is 9.47 Å². The van der Waals surface area contributed by atoms with Crippen molar-refractivity contribution in [1.82, 2.24) is 14.5 Å². The first-order valence-electron chi connectivity index (χ1n) is 6.37. The van der Waals surface area contributed by atoms with Gasteiger partial charge in [0, 0.05) is 16.1 Å². The van der Waals surface area contributed by atoms with Gasteiger partial charge in [-0.25, -0.2) is 0 Å². The summed E-state index contributed by atoms with van der Waals surface area (Å²) in [5.74, 6) is 1.40. The summed E-state index contributed by atoms with van der Waals surface area (Å²) in [6, 6.07) is 9.38. The molecule has 6 heteroatoms. The highest BCUT2D eigenvalue weighted by molar-refractivity contribution is 6.31. The Morgan fingerprint density at radius 3 is 2.29 bits per heavy atom. The van der Waals surface area contributed by atoms with Crippen LogP contribution >= 0.6 is 11.6 Å². The SMILES string of the molecule is COc1cc(OC)nc(-n2c(C)cc3cc(Cl)ccc32)n1. The van der Waals surface area contributed by atoms with Gasteiger partial charge in [-0.2, -0.15) is 9.97 Å². The molecule has 0 saturated heterocycles. The molecular formula is C15H14ClN3O2. The second-order valence-corrected chi connectivity index (χ2v) is 5.01. The number of nitrogens with zero attached hydrogens (tertiary/aromatic N) is 3. The minimum absolute atomic E-state index is 0.451. The highest BCUT2D eigenvalue weighted by Gasteiger charge is 2.13. The first-order chi connectivity index (χ1) is 10.1. The van der Waals surface area contributed by atoms with Crippen LogP contribution in [0.5, 0.6) is 11.8 Å². The molecule has 0 unspecified atom stereocenters. The normalized spacial score (nSPS) is 10.9. The fourth-order valence-corrected chi connectivity index (χ4v) is 2.47. The van der Waals surface area contributed by atoms with Crippen molar-refractivity contribution in [3.05, 3.63) is 41.0 Å². The average molecular weight is 304 g/mol. The van der Waals surface area contributed by atoms with Gasteiger partial charge in [0.1, 0.15) is 0 Å². The first-order valence-corrected chi connectivity index (χ1v) is 6.75. The van der Waals surface area contributed by atoms with Crippen molar-refractivity contribution in [2.24, 2.45) is 0 Å². The van der Waals surface area contributed by atoms with Crippen LogP contribution in [0.2, 0.25) is 5.02 Å². The van der Waals surface area contributed by atoms with Crippen LogP contribution in [-0.2, 0) is 0 Å². The zero-order valence-corrected chi connectivity index (χ0v) is 12.7. The van der Waals surface area contributed by atoms with Gasteiger partial charge in [-0.05, 0) is 31.2 Å². The molecule has 2 aromatic heterocycles. The number of aryl methyl sites for hydroxylation is 1. The molecule has 0 atom stereocenters. The van der Waals surface area contributed by atoms with Crippen molar-refractivity contribution in [2.45, 2.75) is 6.92 Å². The van der Waals surface area contributed by atoms with Gasteiger partial charge >= 0.3 is 0 Å². The smallest absolute Gasteiger partial charge is 0.241 e. The van der Waals surface area contributed by atoms with Gasteiger partial charge in [0.05, 0.1) is 25.8 Å². The molecule has 0 amide bonds. The monoisotopic (exact) mass is 303 g/mol. The molecule has 5 nitrogen and oxygen atoms in total. The molecule has 1 aromatic carbocycles. The molecule has 3 aromatic rings. The summed E-state index contributed by atoms with van der Waals surface area (Å²) in [5.41, 5.74) is 1.98. The number of methoxy groups -OCH3 is 2. The van der Waals surface area contributed by atoms with E-state index in [-0.39, 0.29) is 0 Å². The summed E-state index contributed by atoms with van der Waals surface area (Å²) in [6.45, 7) is 1.99. The molecule has 0 aliphatic rings. The number of hydrogen-bond acceptors (Lipinski definition) is 4. The topological polar surface area (TPSA) is 49.2 Å². The van der Waals surface area contributed by atoms with Crippen LogP contribution in [0.1, 0.15) is 5.69 Å². The lowest BCUT2D eigenvalue weighted by molar-refractivity contribution is 0.370. The van der Waals surface area contributed by atoms with Crippen molar-refractivity contribution >= 4 is 22.5 Å². The fraction of sp³-hybridized carbons (Fsp3) is 0.200. The third-order valence-electron chi connectivity index (χ3n) is 3.23. The summed E-state index contributed by atoms with van der Waals surface area (Å²) in [7, 11) is 3.12. The summed E-state index contributed by atoms with van der Waals surface area (Å²) < 4.78 is 12.3. The second-order valence-electron chi connectivity index (χ2n) is 4.58. The maximum atomic E-state index is 6.04. The Morgan fingerprint density at radius 2 is 1.67 bits per heavy atom. The van der Waals surface area contributed by atoms with Crippen LogP contribution in [0.25, 0.3) is 16.9 Å². The Bertz CT molecular complexity index is 792. The largest absolute Gasteiger partial charge is 0.481 e. The predicted octanol–water partition coefficient (Wildman–Crippen LogP) is 3.40. The van der Waals surface area contributed by atoms with E-state index in [0.717, 1.165) is 16.6 Å². The zero-order chi connectivity index (χ0) is 15.0. The minimum atomic E-state index is 0.451. The molecule has 3 rings (SSSR count). The predicted molar refractivity (Wildman–Crippen MR) is 81.7 cm³/mol. The van der Waals surface area contributed by atoms with Gasteiger partial charge in [0.2, 0.25) is 17.7 Å². The Hall–Kier alpha value is -2.27. The number of aromatic nitrogens is 3. The Labute approximate surface area is 127 Å². The highest BCUT2D eigenvalue weighted by atomic mass is 35.5. The number of ether oxygens (including phenoxy) is 2. The first kappa shape index (κ1) is 13.7. The standard InChI is InChI=1S/C15H14ClN3O2/c1-9-6-10-7-11(16)4-5-12(10)19(9)15-17-13(20-2)8-14(18-15)21-3/h4-8H,1-3H3. The van der Waals surface area contributed by atoms with E-state index < -0.39 is 0 Å². The Balaban J connectivity index is 2.27. The average Bonchev–Trinajstić information content (AvgIpc) is 2.81. The molecule has 2 heterocycles. The van der Waals surface area contributed by atoms with E-state index in [1.54, 1.807) is 20.3 Å². The lowest BCUT2D eigenvalue weighted by atomic mass is 10.2. The third kappa shape index (κ3) is 2.40. The number of benzene rings is 1. The second kappa shape index (κ2) is 5.26. The highest BCUT2D eigenvalue weighted by Crippen LogP contribution is 2.27. The summed E-state index contributed by atoms with van der Waals surface area (Å²) in [5, 5.41) is 1.73. The number of rotatable bonds is 3. The van der Waals surface area contributed by atoms with Gasteiger partial charge in [-0.1, -0.05) is 11.6 Å². The van der Waals surface area contributed by atoms with Crippen LogP contribution in [-0.4, -0.2) is 28.8 Å². The molecule has 0 spiro atoms. The van der Waals surface area contributed by atoms with Crippen molar-refractivity contribution in [1.29, 1.82) is 0 Å². The van der Waals surface area contributed by atoms with Gasteiger partial charge in [0.15, 0.2) is 0 Å². The number of halogens is 1. The van der Waals surface area contributed by atoms with Gasteiger partial charge in [0.25, 0.3) is 0 Å². The van der Waals surface area contributed by atoms with E-state index >= 15 is 0 Å². The lowest BCUT2D eigenvalue weighted by Gasteiger charge is -2.09. The van der Waals surface area contributed by atoms with Crippen molar-refractivity contribution in [3.63, 3.8) is 0 Å². The summed E-state index contributed by atoms with van der Waals surface area (Å²) in [4.78, 5) is 8.78. The van der Waals surface area contributed by atoms with Gasteiger partial charge in [-0.15, -0.1) is 0 Å². The molecule has 21 heavy (non-hydrogen) atoms. The third-order valence-corrected chi connectivity index (χ3v) is 3.47.